The van der Waals surface area contributed by atoms with Gasteiger partial charge in [-0.15, -0.1) is 0 Å². The molecule has 0 bridgehead atoms. The average molecular weight is 173 g/mol. The molecule has 2 heteroatoms. The third kappa shape index (κ3) is 5.56. The lowest BCUT2D eigenvalue weighted by atomic mass is 10.1. The Balaban J connectivity index is 3.63. The van der Waals surface area contributed by atoms with E-state index < -0.39 is 0 Å². The van der Waals surface area contributed by atoms with Gasteiger partial charge in [0, 0.05) is 19.2 Å². The van der Waals surface area contributed by atoms with Crippen LogP contribution in [0, 0.1) is 5.92 Å². The summed E-state index contributed by atoms with van der Waals surface area (Å²) < 4.78 is 5.59. The highest BCUT2D eigenvalue weighted by Gasteiger charge is 2.12. The first kappa shape index (κ1) is 11.9. The summed E-state index contributed by atoms with van der Waals surface area (Å²) in [4.78, 5) is 0. The molecular weight excluding hydrogens is 150 g/mol. The van der Waals surface area contributed by atoms with E-state index in [0.29, 0.717) is 18.1 Å². The van der Waals surface area contributed by atoms with Gasteiger partial charge in [0.2, 0.25) is 0 Å². The highest BCUT2D eigenvalue weighted by atomic mass is 16.5. The van der Waals surface area contributed by atoms with E-state index in [-0.39, 0.29) is 0 Å². The van der Waals surface area contributed by atoms with Crippen LogP contribution in [0.1, 0.15) is 34.6 Å². The van der Waals surface area contributed by atoms with Crippen molar-refractivity contribution in [2.24, 2.45) is 5.92 Å². The van der Waals surface area contributed by atoms with Crippen LogP contribution in [-0.4, -0.2) is 25.3 Å². The quantitative estimate of drug-likeness (QED) is 0.663. The van der Waals surface area contributed by atoms with Crippen LogP contribution in [0.2, 0.25) is 0 Å². The van der Waals surface area contributed by atoms with Crippen molar-refractivity contribution in [3.63, 3.8) is 0 Å². The Morgan fingerprint density at radius 1 is 1.17 bits per heavy atom. The minimum absolute atomic E-state index is 0.359. The molecule has 74 valence electrons. The molecular formula is C10H23NO. The van der Waals surface area contributed by atoms with Gasteiger partial charge in [-0.3, -0.25) is 0 Å². The van der Waals surface area contributed by atoms with E-state index in [9.17, 15) is 0 Å². The van der Waals surface area contributed by atoms with E-state index in [0.717, 1.165) is 13.2 Å². The monoisotopic (exact) mass is 173 g/mol. The van der Waals surface area contributed by atoms with Gasteiger partial charge in [-0.2, -0.15) is 0 Å². The number of nitrogens with one attached hydrogen (secondary N) is 1. The Kier molecular flexibility index (Phi) is 6.39. The molecule has 1 atom stereocenters. The Hall–Kier alpha value is -0.0800. The fourth-order valence-corrected chi connectivity index (χ4v) is 1.05. The van der Waals surface area contributed by atoms with Crippen molar-refractivity contribution < 1.29 is 4.74 Å². The molecule has 0 aromatic carbocycles. The second-order valence-electron chi connectivity index (χ2n) is 3.80. The summed E-state index contributed by atoms with van der Waals surface area (Å²) in [7, 11) is 0. The summed E-state index contributed by atoms with van der Waals surface area (Å²) in [5, 5.41) is 3.39. The molecule has 2 nitrogen and oxygen atoms in total. The lowest BCUT2D eigenvalue weighted by Crippen LogP contribution is -2.36. The second kappa shape index (κ2) is 6.44. The van der Waals surface area contributed by atoms with Gasteiger partial charge >= 0.3 is 0 Å². The van der Waals surface area contributed by atoms with Gasteiger partial charge in [-0.05, 0) is 12.8 Å². The first-order valence-corrected chi connectivity index (χ1v) is 4.92. The van der Waals surface area contributed by atoms with Gasteiger partial charge in [-0.1, -0.05) is 27.7 Å². The van der Waals surface area contributed by atoms with Crippen molar-refractivity contribution in [2.75, 3.05) is 13.2 Å². The Morgan fingerprint density at radius 3 is 2.08 bits per heavy atom. The summed E-state index contributed by atoms with van der Waals surface area (Å²) in [6, 6.07) is 0.548. The number of hydrogen-bond donors (Lipinski definition) is 1. The zero-order valence-electron chi connectivity index (χ0n) is 9.05. The maximum atomic E-state index is 5.59. The number of hydrogen-bond acceptors (Lipinski definition) is 2. The predicted molar refractivity (Wildman–Crippen MR) is 53.4 cm³/mol. The van der Waals surface area contributed by atoms with Crippen LogP contribution in [0.5, 0.6) is 0 Å². The van der Waals surface area contributed by atoms with Crippen molar-refractivity contribution in [3.8, 4) is 0 Å². The van der Waals surface area contributed by atoms with Gasteiger partial charge in [0.15, 0.2) is 0 Å². The third-order valence-corrected chi connectivity index (χ3v) is 1.85. The number of ether oxygens (including phenoxy) is 1. The van der Waals surface area contributed by atoms with Crippen LogP contribution in [0.25, 0.3) is 0 Å². The normalized spacial score (nSPS) is 14.2. The maximum absolute atomic E-state index is 5.59. The molecule has 0 aliphatic rings. The molecule has 12 heavy (non-hydrogen) atoms. The van der Waals surface area contributed by atoms with Crippen molar-refractivity contribution in [1.82, 2.24) is 5.32 Å². The molecule has 1 N–H and O–H groups in total. The summed E-state index contributed by atoms with van der Waals surface area (Å²) in [5.74, 6) is 0.594. The first-order valence-electron chi connectivity index (χ1n) is 4.92. The molecule has 0 aromatic rings. The smallest absolute Gasteiger partial charge is 0.0722 e. The maximum Gasteiger partial charge on any atom is 0.0722 e. The highest BCUT2D eigenvalue weighted by Crippen LogP contribution is 2.05. The molecule has 0 radical (unpaired) electrons. The average Bonchev–Trinajstić information content (AvgIpc) is 1.96. The summed E-state index contributed by atoms with van der Waals surface area (Å²) in [5.41, 5.74) is 0. The standard InChI is InChI=1S/C10H23NO/c1-6-12-10(8(2)3)7-11-9(4)5/h8-11H,6-7H2,1-5H3. The fraction of sp³-hybridized carbons (Fsp3) is 1.00. The van der Waals surface area contributed by atoms with E-state index in [4.69, 9.17) is 4.74 Å². The molecule has 0 heterocycles. The van der Waals surface area contributed by atoms with Crippen LogP contribution >= 0.6 is 0 Å². The minimum Gasteiger partial charge on any atom is -0.377 e. The molecule has 0 spiro atoms. The first-order chi connectivity index (χ1) is 5.57. The van der Waals surface area contributed by atoms with Gasteiger partial charge in [-0.25, -0.2) is 0 Å². The van der Waals surface area contributed by atoms with Crippen LogP contribution in [0.4, 0.5) is 0 Å². The summed E-state index contributed by atoms with van der Waals surface area (Å²) in [6.45, 7) is 12.5. The van der Waals surface area contributed by atoms with Crippen molar-refractivity contribution in [2.45, 2.75) is 46.8 Å². The molecule has 0 aromatic heterocycles. The second-order valence-corrected chi connectivity index (χ2v) is 3.80. The van der Waals surface area contributed by atoms with E-state index in [2.05, 4.69) is 33.0 Å². The predicted octanol–water partition coefficient (Wildman–Crippen LogP) is 2.05. The Labute approximate surface area is 76.7 Å². The lowest BCUT2D eigenvalue weighted by molar-refractivity contribution is 0.0299. The van der Waals surface area contributed by atoms with Gasteiger partial charge < -0.3 is 10.1 Å². The summed E-state index contributed by atoms with van der Waals surface area (Å²) in [6.07, 6.45) is 0.359. The minimum atomic E-state index is 0.359. The summed E-state index contributed by atoms with van der Waals surface area (Å²) >= 11 is 0. The van der Waals surface area contributed by atoms with Crippen LogP contribution in [0.15, 0.2) is 0 Å². The van der Waals surface area contributed by atoms with Crippen LogP contribution in [-0.2, 0) is 4.74 Å². The van der Waals surface area contributed by atoms with E-state index in [1.807, 2.05) is 6.92 Å². The van der Waals surface area contributed by atoms with Gasteiger partial charge in [0.05, 0.1) is 6.10 Å². The Bertz CT molecular complexity index is 102. The zero-order chi connectivity index (χ0) is 9.56. The van der Waals surface area contributed by atoms with Crippen molar-refractivity contribution in [3.05, 3.63) is 0 Å². The molecule has 0 aliphatic carbocycles. The van der Waals surface area contributed by atoms with E-state index in [1.165, 1.54) is 0 Å². The van der Waals surface area contributed by atoms with Crippen LogP contribution < -0.4 is 5.32 Å². The van der Waals surface area contributed by atoms with Gasteiger partial charge in [0.25, 0.3) is 0 Å². The molecule has 0 aliphatic heterocycles. The highest BCUT2D eigenvalue weighted by molar-refractivity contribution is 4.67. The van der Waals surface area contributed by atoms with Crippen LogP contribution in [0.3, 0.4) is 0 Å². The SMILES string of the molecule is CCOC(CNC(C)C)C(C)C. The van der Waals surface area contributed by atoms with E-state index in [1.54, 1.807) is 0 Å². The largest absolute Gasteiger partial charge is 0.377 e. The lowest BCUT2D eigenvalue weighted by Gasteiger charge is -2.22. The van der Waals surface area contributed by atoms with Crippen molar-refractivity contribution >= 4 is 0 Å². The van der Waals surface area contributed by atoms with Crippen molar-refractivity contribution in [1.29, 1.82) is 0 Å². The molecule has 0 fully saturated rings. The zero-order valence-corrected chi connectivity index (χ0v) is 9.05. The van der Waals surface area contributed by atoms with E-state index >= 15 is 0 Å². The molecule has 0 amide bonds. The fourth-order valence-electron chi connectivity index (χ4n) is 1.05. The molecule has 1 unspecified atom stereocenters. The molecule has 0 rings (SSSR count). The third-order valence-electron chi connectivity index (χ3n) is 1.85. The Morgan fingerprint density at radius 2 is 1.75 bits per heavy atom. The topological polar surface area (TPSA) is 21.3 Å². The molecule has 0 saturated heterocycles. The number of rotatable bonds is 6. The van der Waals surface area contributed by atoms with Gasteiger partial charge in [0.1, 0.15) is 0 Å². The molecule has 0 saturated carbocycles.